The Labute approximate surface area is 228 Å². The number of nitrogens with two attached hydrogens (primary N) is 1. The number of fused-ring (bicyclic) bond motifs is 3. The number of nitrogens with zero attached hydrogens (tertiary/aromatic N) is 4. The fraction of sp³-hybridized carbons (Fsp3) is 0.679. The zero-order chi connectivity index (χ0) is 26.5. The van der Waals surface area contributed by atoms with Gasteiger partial charge in [-0.1, -0.05) is 13.3 Å². The molecule has 0 aromatic carbocycles. The number of likely N-dealkylation sites (tertiary alicyclic amines) is 1. The summed E-state index contributed by atoms with van der Waals surface area (Å²) in [5.74, 6) is 1.98. The lowest BCUT2D eigenvalue weighted by molar-refractivity contribution is -0.138. The van der Waals surface area contributed by atoms with Gasteiger partial charge in [0.25, 0.3) is 0 Å². The van der Waals surface area contributed by atoms with E-state index < -0.39 is 5.97 Å². The minimum absolute atomic E-state index is 0.0634. The molecule has 5 heterocycles. The van der Waals surface area contributed by atoms with Crippen molar-refractivity contribution in [3.05, 3.63) is 16.8 Å². The molecule has 0 unspecified atom stereocenters. The van der Waals surface area contributed by atoms with Gasteiger partial charge in [-0.05, 0) is 63.1 Å². The number of aromatic nitrogens is 3. The molecule has 9 nitrogen and oxygen atoms in total. The van der Waals surface area contributed by atoms with Gasteiger partial charge < -0.3 is 29.8 Å². The summed E-state index contributed by atoms with van der Waals surface area (Å²) in [5, 5.41) is 8.74. The zero-order valence-electron chi connectivity index (χ0n) is 22.5. The minimum atomic E-state index is -0.813. The quantitative estimate of drug-likeness (QED) is 0.317. The number of carbonyl (C=O) groups is 1. The van der Waals surface area contributed by atoms with Crippen LogP contribution in [-0.2, 0) is 27.2 Å². The molecule has 0 radical (unpaired) electrons. The van der Waals surface area contributed by atoms with E-state index in [0.717, 1.165) is 101 Å². The molecule has 2 fully saturated rings. The van der Waals surface area contributed by atoms with E-state index in [2.05, 4.69) is 22.5 Å². The fourth-order valence-corrected chi connectivity index (χ4v) is 7.07. The highest BCUT2D eigenvalue weighted by molar-refractivity contribution is 7.20. The Bertz CT molecular complexity index is 1230. The highest BCUT2D eigenvalue weighted by Crippen LogP contribution is 2.40. The predicted molar refractivity (Wildman–Crippen MR) is 151 cm³/mol. The number of unbranched alkanes of at least 4 members (excludes halogenated alkanes) is 1. The lowest BCUT2D eigenvalue weighted by atomic mass is 9.95. The summed E-state index contributed by atoms with van der Waals surface area (Å²) >= 11 is 1.88. The van der Waals surface area contributed by atoms with Crippen molar-refractivity contribution in [1.82, 2.24) is 19.4 Å². The van der Waals surface area contributed by atoms with Crippen LogP contribution in [0, 0.1) is 5.92 Å². The van der Waals surface area contributed by atoms with Gasteiger partial charge in [0, 0.05) is 37.6 Å². The van der Waals surface area contributed by atoms with Crippen molar-refractivity contribution in [2.45, 2.75) is 70.8 Å². The molecule has 0 amide bonds. The number of rotatable bonds is 12. The van der Waals surface area contributed by atoms with Crippen molar-refractivity contribution in [2.75, 3.05) is 51.8 Å². The van der Waals surface area contributed by atoms with Crippen LogP contribution in [0.15, 0.2) is 6.07 Å². The fourth-order valence-electron chi connectivity index (χ4n) is 5.75. The largest absolute Gasteiger partial charge is 0.481 e. The number of carboxylic acid groups (broad SMARTS) is 1. The molecule has 5 rings (SSSR count). The van der Waals surface area contributed by atoms with Crippen molar-refractivity contribution in [1.29, 1.82) is 0 Å². The Hall–Kier alpha value is -2.27. The number of thiophene rings is 1. The Balaban J connectivity index is 1.34. The SMILES string of the molecule is CCCCc1nc2c(N)nc3cc(C4CCN(CCOCCC(=O)O)CC4)sc3c2n1CC1CCOCC1. The molecule has 0 bridgehead atoms. The van der Waals surface area contributed by atoms with E-state index in [1.54, 1.807) is 0 Å². The van der Waals surface area contributed by atoms with Crippen LogP contribution in [0.25, 0.3) is 21.3 Å². The molecule has 0 spiro atoms. The smallest absolute Gasteiger partial charge is 0.305 e. The van der Waals surface area contributed by atoms with Gasteiger partial charge in [0.05, 0.1) is 35.4 Å². The first-order chi connectivity index (χ1) is 18.5. The third-order valence-electron chi connectivity index (χ3n) is 8.01. The molecular weight excluding hydrogens is 502 g/mol. The molecule has 208 valence electrons. The number of nitrogen functional groups attached to an aromatic ring is 1. The number of ether oxygens (including phenoxy) is 2. The number of pyridine rings is 1. The molecule has 10 heteroatoms. The van der Waals surface area contributed by atoms with E-state index >= 15 is 0 Å². The first-order valence-electron chi connectivity index (χ1n) is 14.2. The van der Waals surface area contributed by atoms with Crippen LogP contribution in [0.2, 0.25) is 0 Å². The molecule has 0 aliphatic carbocycles. The summed E-state index contributed by atoms with van der Waals surface area (Å²) in [6.45, 7) is 8.64. The van der Waals surface area contributed by atoms with Crippen LogP contribution >= 0.6 is 11.3 Å². The third-order valence-corrected chi connectivity index (χ3v) is 9.31. The summed E-state index contributed by atoms with van der Waals surface area (Å²) in [5.41, 5.74) is 9.54. The van der Waals surface area contributed by atoms with Gasteiger partial charge in [-0.3, -0.25) is 4.79 Å². The third kappa shape index (κ3) is 6.30. The van der Waals surface area contributed by atoms with E-state index in [0.29, 0.717) is 24.3 Å². The summed E-state index contributed by atoms with van der Waals surface area (Å²) < 4.78 is 14.8. The van der Waals surface area contributed by atoms with E-state index in [1.165, 1.54) is 15.1 Å². The van der Waals surface area contributed by atoms with Crippen molar-refractivity contribution < 1.29 is 19.4 Å². The Morgan fingerprint density at radius 3 is 2.74 bits per heavy atom. The molecule has 2 saturated heterocycles. The summed E-state index contributed by atoms with van der Waals surface area (Å²) in [6.07, 6.45) is 7.67. The van der Waals surface area contributed by atoms with Gasteiger partial charge in [0.2, 0.25) is 0 Å². The van der Waals surface area contributed by atoms with Gasteiger partial charge in [0.1, 0.15) is 11.3 Å². The number of hydrogen-bond donors (Lipinski definition) is 2. The average molecular weight is 544 g/mol. The lowest BCUT2D eigenvalue weighted by Crippen LogP contribution is -2.35. The second-order valence-electron chi connectivity index (χ2n) is 10.7. The zero-order valence-corrected chi connectivity index (χ0v) is 23.3. The van der Waals surface area contributed by atoms with Crippen molar-refractivity contribution in [3.8, 4) is 0 Å². The number of anilines is 1. The first-order valence-corrected chi connectivity index (χ1v) is 15.0. The second-order valence-corrected chi connectivity index (χ2v) is 11.8. The highest BCUT2D eigenvalue weighted by Gasteiger charge is 2.26. The summed E-state index contributed by atoms with van der Waals surface area (Å²) in [4.78, 5) is 24.3. The summed E-state index contributed by atoms with van der Waals surface area (Å²) in [7, 11) is 0. The molecule has 2 aliphatic heterocycles. The normalized spacial score (nSPS) is 18.1. The Kier molecular flexibility index (Phi) is 9.14. The van der Waals surface area contributed by atoms with Crippen LogP contribution in [0.4, 0.5) is 5.82 Å². The average Bonchev–Trinajstić information content (AvgIpc) is 3.50. The molecule has 3 N–H and O–H groups in total. The minimum Gasteiger partial charge on any atom is -0.481 e. The van der Waals surface area contributed by atoms with Crippen LogP contribution in [-0.4, -0.2) is 76.6 Å². The van der Waals surface area contributed by atoms with E-state index in [4.69, 9.17) is 30.3 Å². The molecule has 3 aromatic rings. The van der Waals surface area contributed by atoms with Crippen LogP contribution in [0.3, 0.4) is 0 Å². The van der Waals surface area contributed by atoms with Crippen LogP contribution < -0.4 is 5.73 Å². The van der Waals surface area contributed by atoms with E-state index in [-0.39, 0.29) is 13.0 Å². The molecule has 2 aliphatic rings. The lowest BCUT2D eigenvalue weighted by Gasteiger charge is -2.31. The first kappa shape index (κ1) is 27.3. The monoisotopic (exact) mass is 543 g/mol. The molecule has 0 saturated carbocycles. The molecule has 3 aromatic heterocycles. The van der Waals surface area contributed by atoms with Crippen molar-refractivity contribution >= 4 is 44.4 Å². The maximum atomic E-state index is 10.6. The van der Waals surface area contributed by atoms with Gasteiger partial charge in [-0.25, -0.2) is 9.97 Å². The van der Waals surface area contributed by atoms with Crippen molar-refractivity contribution in [3.63, 3.8) is 0 Å². The van der Waals surface area contributed by atoms with Gasteiger partial charge in [-0.2, -0.15) is 0 Å². The van der Waals surface area contributed by atoms with Gasteiger partial charge >= 0.3 is 5.97 Å². The number of imidazole rings is 1. The molecule has 38 heavy (non-hydrogen) atoms. The maximum Gasteiger partial charge on any atom is 0.305 e. The number of aryl methyl sites for hydroxylation is 1. The van der Waals surface area contributed by atoms with Gasteiger partial charge in [0.15, 0.2) is 5.82 Å². The number of hydrogen-bond acceptors (Lipinski definition) is 8. The van der Waals surface area contributed by atoms with Gasteiger partial charge in [-0.15, -0.1) is 11.3 Å². The van der Waals surface area contributed by atoms with Crippen LogP contribution in [0.1, 0.15) is 68.5 Å². The topological polar surface area (TPSA) is 116 Å². The number of piperidine rings is 1. The maximum absolute atomic E-state index is 10.6. The predicted octanol–water partition coefficient (Wildman–Crippen LogP) is 4.67. The Morgan fingerprint density at radius 2 is 2.00 bits per heavy atom. The second kappa shape index (κ2) is 12.7. The highest BCUT2D eigenvalue weighted by atomic mass is 32.1. The summed E-state index contributed by atoms with van der Waals surface area (Å²) in [6, 6.07) is 2.27. The molecule has 0 atom stereocenters. The standard InChI is InChI=1S/C28H41N5O4S/c1-2-3-4-23-31-25-26(33(23)18-19-7-13-36-14-8-19)27-21(30-28(25)29)17-22(38-27)20-5-10-32(11-6-20)12-16-37-15-9-24(34)35/h17,19-20H,2-16,18H2,1H3,(H2,29,30)(H,34,35). The number of aliphatic carboxylic acids is 1. The van der Waals surface area contributed by atoms with Crippen LogP contribution in [0.5, 0.6) is 0 Å². The van der Waals surface area contributed by atoms with E-state index in [9.17, 15) is 4.79 Å². The van der Waals surface area contributed by atoms with E-state index in [1.807, 2.05) is 11.3 Å². The number of carboxylic acids is 1. The molecular formula is C28H41N5O4S. The van der Waals surface area contributed by atoms with Crippen molar-refractivity contribution in [2.24, 2.45) is 5.92 Å². The Morgan fingerprint density at radius 1 is 1.21 bits per heavy atom.